The normalized spacial score (nSPS) is 14.6. The summed E-state index contributed by atoms with van der Waals surface area (Å²) in [5.74, 6) is 0.515. The number of carbonyl (C=O) groups is 2. The van der Waals surface area contributed by atoms with Crippen LogP contribution in [0.4, 0.5) is 0 Å². The zero-order chi connectivity index (χ0) is 20.3. The van der Waals surface area contributed by atoms with Crippen LogP contribution < -0.4 is 0 Å². The number of benzene rings is 1. The van der Waals surface area contributed by atoms with Gasteiger partial charge in [0.1, 0.15) is 0 Å². The zero-order valence-electron chi connectivity index (χ0n) is 17.3. The number of hydrogen-bond donors (Lipinski definition) is 0. The van der Waals surface area contributed by atoms with Crippen molar-refractivity contribution in [1.29, 1.82) is 0 Å². The molecule has 0 atom stereocenters. The Labute approximate surface area is 167 Å². The van der Waals surface area contributed by atoms with Crippen molar-refractivity contribution in [2.45, 2.75) is 40.5 Å². The van der Waals surface area contributed by atoms with Crippen LogP contribution in [0.5, 0.6) is 0 Å². The van der Waals surface area contributed by atoms with Gasteiger partial charge < -0.3 is 9.80 Å². The van der Waals surface area contributed by atoms with Gasteiger partial charge in [0.25, 0.3) is 5.91 Å². The summed E-state index contributed by atoms with van der Waals surface area (Å²) >= 11 is 0. The molecule has 1 fully saturated rings. The van der Waals surface area contributed by atoms with E-state index in [1.807, 2.05) is 39.9 Å². The van der Waals surface area contributed by atoms with E-state index in [4.69, 9.17) is 5.10 Å². The predicted octanol–water partition coefficient (Wildman–Crippen LogP) is 2.94. The van der Waals surface area contributed by atoms with Gasteiger partial charge in [0.15, 0.2) is 0 Å². The first kappa shape index (κ1) is 20.1. The summed E-state index contributed by atoms with van der Waals surface area (Å²) < 4.78 is 1.93. The second kappa shape index (κ2) is 8.59. The summed E-state index contributed by atoms with van der Waals surface area (Å²) in [6.45, 7) is 10.3. The Morgan fingerprint density at radius 2 is 1.64 bits per heavy atom. The molecule has 0 N–H and O–H groups in total. The van der Waals surface area contributed by atoms with E-state index >= 15 is 0 Å². The quantitative estimate of drug-likeness (QED) is 0.799. The number of amides is 2. The van der Waals surface area contributed by atoms with Crippen molar-refractivity contribution in [3.05, 3.63) is 47.3 Å². The third-order valence-corrected chi connectivity index (χ3v) is 5.22. The highest BCUT2D eigenvalue weighted by Crippen LogP contribution is 2.24. The van der Waals surface area contributed by atoms with Crippen molar-refractivity contribution in [3.63, 3.8) is 0 Å². The topological polar surface area (TPSA) is 58.4 Å². The van der Waals surface area contributed by atoms with Gasteiger partial charge in [-0.25, -0.2) is 4.68 Å². The molecule has 1 aromatic carbocycles. The Morgan fingerprint density at radius 1 is 1.04 bits per heavy atom. The summed E-state index contributed by atoms with van der Waals surface area (Å²) in [7, 11) is 0. The Bertz CT molecular complexity index is 834. The van der Waals surface area contributed by atoms with Crippen molar-refractivity contribution in [3.8, 4) is 5.69 Å². The minimum absolute atomic E-state index is 0.0397. The van der Waals surface area contributed by atoms with Crippen LogP contribution in [-0.2, 0) is 17.6 Å². The number of rotatable bonds is 5. The van der Waals surface area contributed by atoms with Crippen molar-refractivity contribution in [2.75, 3.05) is 26.2 Å². The van der Waals surface area contributed by atoms with E-state index in [0.29, 0.717) is 32.1 Å². The van der Waals surface area contributed by atoms with Gasteiger partial charge >= 0.3 is 0 Å². The monoisotopic (exact) mass is 382 g/mol. The average Bonchev–Trinajstić information content (AvgIpc) is 3.05. The molecule has 0 aliphatic carbocycles. The lowest BCUT2D eigenvalue weighted by Gasteiger charge is -2.34. The van der Waals surface area contributed by atoms with Crippen LogP contribution in [-0.4, -0.2) is 57.6 Å². The fourth-order valence-corrected chi connectivity index (χ4v) is 3.77. The molecule has 0 saturated carbocycles. The molecule has 2 heterocycles. The summed E-state index contributed by atoms with van der Waals surface area (Å²) in [5.41, 5.74) is 3.55. The van der Waals surface area contributed by atoms with Crippen molar-refractivity contribution < 1.29 is 9.59 Å². The molecular weight excluding hydrogens is 352 g/mol. The smallest absolute Gasteiger partial charge is 0.257 e. The first-order chi connectivity index (χ1) is 13.4. The molecule has 1 aliphatic heterocycles. The average molecular weight is 383 g/mol. The summed E-state index contributed by atoms with van der Waals surface area (Å²) in [4.78, 5) is 28.7. The molecule has 150 valence electrons. The van der Waals surface area contributed by atoms with Crippen LogP contribution in [0, 0.1) is 5.92 Å². The van der Waals surface area contributed by atoms with Gasteiger partial charge in [0, 0.05) is 33.1 Å². The van der Waals surface area contributed by atoms with Gasteiger partial charge in [-0.05, 0) is 30.9 Å². The molecule has 6 nitrogen and oxygen atoms in total. The third kappa shape index (κ3) is 4.11. The molecule has 6 heteroatoms. The minimum atomic E-state index is 0.0397. The summed E-state index contributed by atoms with van der Waals surface area (Å²) in [6, 6.07) is 9.99. The van der Waals surface area contributed by atoms with E-state index in [2.05, 4.69) is 20.8 Å². The fraction of sp³-hybridized carbons (Fsp3) is 0.500. The molecule has 0 radical (unpaired) electrons. The van der Waals surface area contributed by atoms with Gasteiger partial charge in [-0.1, -0.05) is 39.0 Å². The van der Waals surface area contributed by atoms with Crippen LogP contribution in [0.25, 0.3) is 5.69 Å². The van der Waals surface area contributed by atoms with E-state index in [0.717, 1.165) is 35.5 Å². The number of hydrogen-bond acceptors (Lipinski definition) is 3. The maximum Gasteiger partial charge on any atom is 0.257 e. The first-order valence-corrected chi connectivity index (χ1v) is 10.1. The zero-order valence-corrected chi connectivity index (χ0v) is 17.3. The number of para-hydroxylation sites is 1. The largest absolute Gasteiger partial charge is 0.339 e. The molecule has 28 heavy (non-hydrogen) atoms. The second-order valence-electron chi connectivity index (χ2n) is 7.77. The highest BCUT2D eigenvalue weighted by atomic mass is 16.2. The van der Waals surface area contributed by atoms with Gasteiger partial charge in [0.2, 0.25) is 5.91 Å². The Hall–Kier alpha value is -2.63. The highest BCUT2D eigenvalue weighted by molar-refractivity contribution is 5.97. The molecule has 1 aromatic heterocycles. The molecule has 2 amide bonds. The highest BCUT2D eigenvalue weighted by Gasteiger charge is 2.30. The van der Waals surface area contributed by atoms with E-state index in [1.165, 1.54) is 0 Å². The van der Waals surface area contributed by atoms with Crippen LogP contribution in [0.3, 0.4) is 0 Å². The molecule has 2 aromatic rings. The van der Waals surface area contributed by atoms with Crippen LogP contribution >= 0.6 is 0 Å². The predicted molar refractivity (Wildman–Crippen MR) is 110 cm³/mol. The molecule has 0 bridgehead atoms. The number of aromatic nitrogens is 2. The van der Waals surface area contributed by atoms with E-state index < -0.39 is 0 Å². The van der Waals surface area contributed by atoms with Crippen molar-refractivity contribution in [1.82, 2.24) is 19.6 Å². The van der Waals surface area contributed by atoms with Gasteiger partial charge in [0.05, 0.1) is 22.6 Å². The number of nitrogens with zero attached hydrogens (tertiary/aromatic N) is 4. The lowest BCUT2D eigenvalue weighted by molar-refractivity contribution is -0.130. The van der Waals surface area contributed by atoms with Crippen molar-refractivity contribution in [2.24, 2.45) is 5.92 Å². The van der Waals surface area contributed by atoms with E-state index in [9.17, 15) is 9.59 Å². The number of piperazine rings is 1. The molecule has 0 spiro atoms. The van der Waals surface area contributed by atoms with Crippen molar-refractivity contribution >= 4 is 11.8 Å². The van der Waals surface area contributed by atoms with Crippen LogP contribution in [0.15, 0.2) is 30.3 Å². The van der Waals surface area contributed by atoms with E-state index in [-0.39, 0.29) is 11.8 Å². The first-order valence-electron chi connectivity index (χ1n) is 10.1. The molecule has 1 aliphatic rings. The fourth-order valence-electron chi connectivity index (χ4n) is 3.77. The number of carbonyl (C=O) groups excluding carboxylic acids is 2. The SMILES string of the molecule is CCc1c(C(=O)N2CCN(C(C)=O)CC2)c(CC(C)C)nn1-c1ccccc1. The maximum absolute atomic E-state index is 13.5. The Morgan fingerprint density at radius 3 is 2.18 bits per heavy atom. The second-order valence-corrected chi connectivity index (χ2v) is 7.77. The maximum atomic E-state index is 13.5. The Balaban J connectivity index is 1.97. The molecule has 1 saturated heterocycles. The van der Waals surface area contributed by atoms with Gasteiger partial charge in [-0.3, -0.25) is 9.59 Å². The lowest BCUT2D eigenvalue weighted by Crippen LogP contribution is -2.50. The summed E-state index contributed by atoms with van der Waals surface area (Å²) in [5, 5.41) is 4.86. The lowest BCUT2D eigenvalue weighted by atomic mass is 10.0. The van der Waals surface area contributed by atoms with Crippen LogP contribution in [0.1, 0.15) is 49.4 Å². The molecular formula is C22H30N4O2. The Kier molecular flexibility index (Phi) is 6.17. The standard InChI is InChI=1S/C22H30N4O2/c1-5-20-21(22(28)25-13-11-24(12-14-25)17(4)27)19(15-16(2)3)23-26(20)18-9-7-6-8-10-18/h6-10,16H,5,11-15H2,1-4H3. The summed E-state index contributed by atoms with van der Waals surface area (Å²) in [6.07, 6.45) is 1.50. The van der Waals surface area contributed by atoms with Gasteiger partial charge in [-0.2, -0.15) is 5.10 Å². The minimum Gasteiger partial charge on any atom is -0.339 e. The molecule has 0 unspecified atom stereocenters. The molecule has 3 rings (SSSR count). The van der Waals surface area contributed by atoms with Gasteiger partial charge in [-0.15, -0.1) is 0 Å². The van der Waals surface area contributed by atoms with Crippen LogP contribution in [0.2, 0.25) is 0 Å². The third-order valence-electron chi connectivity index (χ3n) is 5.22. The van der Waals surface area contributed by atoms with E-state index in [1.54, 1.807) is 11.8 Å².